The number of rotatable bonds is 18. The van der Waals surface area contributed by atoms with Crippen molar-refractivity contribution in [3.63, 3.8) is 0 Å². The smallest absolute Gasteiger partial charge is 0.407 e. The molecule has 54 heavy (non-hydrogen) atoms. The molecule has 1 aliphatic rings. The maximum atomic E-state index is 12.6. The lowest BCUT2D eigenvalue weighted by Crippen LogP contribution is -2.65. The van der Waals surface area contributed by atoms with Gasteiger partial charge in [-0.2, -0.15) is 0 Å². The van der Waals surface area contributed by atoms with Gasteiger partial charge in [0.05, 0.1) is 52.3 Å². The Morgan fingerprint density at radius 1 is 0.722 bits per heavy atom. The molecule has 11 nitrogen and oxygen atoms in total. The largest absolute Gasteiger partial charge is 0.444 e. The summed E-state index contributed by atoms with van der Waals surface area (Å²) in [5.41, 5.74) is 2.43. The Labute approximate surface area is 319 Å². The van der Waals surface area contributed by atoms with E-state index in [9.17, 15) is 9.59 Å². The number of hydrogen-bond donors (Lipinski definition) is 2. The van der Waals surface area contributed by atoms with E-state index in [0.717, 1.165) is 16.7 Å². The molecular formula is C43H52N2O9. The summed E-state index contributed by atoms with van der Waals surface area (Å²) in [6.07, 6.45) is -3.12. The number of hydrogen-bond acceptors (Lipinski definition) is 9. The van der Waals surface area contributed by atoms with Crippen molar-refractivity contribution in [2.24, 2.45) is 0 Å². The van der Waals surface area contributed by atoms with E-state index in [1.807, 2.05) is 91.0 Å². The number of carbonyl (C=O) groups excluding carboxylic acids is 2. The normalized spacial score (nSPS) is 19.4. The molecule has 2 amide bonds. The van der Waals surface area contributed by atoms with Crippen LogP contribution < -0.4 is 10.6 Å². The Bertz CT molecular complexity index is 1660. The van der Waals surface area contributed by atoms with Crippen molar-refractivity contribution in [3.8, 4) is 23.7 Å². The van der Waals surface area contributed by atoms with Crippen molar-refractivity contribution in [2.45, 2.75) is 83.6 Å². The molecule has 2 N–H and O–H groups in total. The molecule has 0 radical (unpaired) electrons. The van der Waals surface area contributed by atoms with Crippen LogP contribution in [0.1, 0.15) is 44.4 Å². The lowest BCUT2D eigenvalue weighted by Gasteiger charge is -2.45. The van der Waals surface area contributed by atoms with Gasteiger partial charge < -0.3 is 43.8 Å². The predicted molar refractivity (Wildman–Crippen MR) is 204 cm³/mol. The fourth-order valence-electron chi connectivity index (χ4n) is 5.46. The molecule has 1 heterocycles. The van der Waals surface area contributed by atoms with Crippen molar-refractivity contribution < 1.29 is 42.7 Å². The molecule has 1 saturated heterocycles. The van der Waals surface area contributed by atoms with Gasteiger partial charge in [0.25, 0.3) is 0 Å². The minimum atomic E-state index is -0.783. The van der Waals surface area contributed by atoms with Crippen LogP contribution in [0.2, 0.25) is 0 Å². The van der Waals surface area contributed by atoms with Crippen molar-refractivity contribution in [2.75, 3.05) is 39.6 Å². The molecule has 3 aromatic rings. The van der Waals surface area contributed by atoms with Crippen LogP contribution in [0.3, 0.4) is 0 Å². The van der Waals surface area contributed by atoms with E-state index in [2.05, 4.69) is 34.3 Å². The van der Waals surface area contributed by atoms with Crippen molar-refractivity contribution in [3.05, 3.63) is 108 Å². The summed E-state index contributed by atoms with van der Waals surface area (Å²) in [5.74, 6) is 11.5. The van der Waals surface area contributed by atoms with E-state index in [-0.39, 0.29) is 25.7 Å². The van der Waals surface area contributed by atoms with E-state index in [1.165, 1.54) is 6.92 Å². The van der Waals surface area contributed by atoms with Crippen LogP contribution in [0.4, 0.5) is 4.79 Å². The maximum Gasteiger partial charge on any atom is 0.407 e. The van der Waals surface area contributed by atoms with Crippen LogP contribution in [0.5, 0.6) is 0 Å². The molecule has 0 spiro atoms. The molecule has 0 aliphatic carbocycles. The molecule has 5 atom stereocenters. The Morgan fingerprint density at radius 2 is 1.30 bits per heavy atom. The van der Waals surface area contributed by atoms with Gasteiger partial charge in [0.15, 0.2) is 0 Å². The molecule has 1 aliphatic heterocycles. The van der Waals surface area contributed by atoms with Gasteiger partial charge in [-0.3, -0.25) is 4.79 Å². The SMILES string of the molecule is CC(=O)N[C@@H]1[C@@H](OCc2ccccc2)[C@@H](OCc2ccccc2)[C@@H](COCc2ccccc2)O[C@@H]1C#CC#CCOCCOCCNC(=O)OC(C)(C)C. The zero-order valence-electron chi connectivity index (χ0n) is 31.6. The second kappa shape index (κ2) is 23.1. The summed E-state index contributed by atoms with van der Waals surface area (Å²) < 4.78 is 42.2. The van der Waals surface area contributed by atoms with Gasteiger partial charge >= 0.3 is 6.09 Å². The number of alkyl carbamates (subject to hydrolysis) is 1. The third kappa shape index (κ3) is 16.1. The minimum absolute atomic E-state index is 0.142. The number of nitrogens with one attached hydrogen (secondary N) is 2. The van der Waals surface area contributed by atoms with Crippen LogP contribution >= 0.6 is 0 Å². The second-order valence-electron chi connectivity index (χ2n) is 13.5. The first-order valence-electron chi connectivity index (χ1n) is 18.1. The third-order valence-corrected chi connectivity index (χ3v) is 7.85. The summed E-state index contributed by atoms with van der Waals surface area (Å²) in [7, 11) is 0. The number of benzene rings is 3. The molecule has 0 unspecified atom stereocenters. The highest BCUT2D eigenvalue weighted by Crippen LogP contribution is 2.28. The lowest BCUT2D eigenvalue weighted by molar-refractivity contribution is -0.222. The third-order valence-electron chi connectivity index (χ3n) is 7.85. The minimum Gasteiger partial charge on any atom is -0.444 e. The first kappa shape index (κ1) is 42.0. The molecule has 3 aromatic carbocycles. The standard InChI is InChI=1S/C43H52N2O9/c1-33(46)45-39-37(23-15-8-16-25-48-27-28-49-26-24-44-42(47)54-43(2,3)4)53-38(32-50-29-34-17-9-5-10-18-34)40(51-30-35-19-11-6-12-20-35)41(39)52-31-36-21-13-7-14-22-36/h5-7,9-14,17-22,37-41H,24-32H2,1-4H3,(H,44,47)(H,45,46)/t37-,38-,39+,40+,41-/m1/s1. The van der Waals surface area contributed by atoms with Gasteiger partial charge in [0.2, 0.25) is 5.91 Å². The van der Waals surface area contributed by atoms with Crippen LogP contribution in [-0.2, 0) is 57.8 Å². The summed E-state index contributed by atoms with van der Waals surface area (Å²) >= 11 is 0. The molecule has 1 fully saturated rings. The number of amides is 2. The first-order chi connectivity index (χ1) is 26.2. The maximum absolute atomic E-state index is 12.6. The average molecular weight is 741 g/mol. The highest BCUT2D eigenvalue weighted by Gasteiger charge is 2.47. The number of ether oxygens (including phenoxy) is 7. The van der Waals surface area contributed by atoms with E-state index >= 15 is 0 Å². The fourth-order valence-corrected chi connectivity index (χ4v) is 5.46. The van der Waals surface area contributed by atoms with Gasteiger partial charge in [0.1, 0.15) is 36.6 Å². The highest BCUT2D eigenvalue weighted by molar-refractivity contribution is 5.73. The Hall–Kier alpha value is -4.72. The zero-order chi connectivity index (χ0) is 38.4. The first-order valence-corrected chi connectivity index (χ1v) is 18.1. The quantitative estimate of drug-likeness (QED) is 0.134. The molecule has 288 valence electrons. The molecule has 0 aromatic heterocycles. The zero-order valence-corrected chi connectivity index (χ0v) is 31.6. The van der Waals surface area contributed by atoms with Crippen molar-refractivity contribution in [1.29, 1.82) is 0 Å². The Kier molecular flexibility index (Phi) is 18.0. The number of carbonyl (C=O) groups is 2. The van der Waals surface area contributed by atoms with Crippen LogP contribution in [0.25, 0.3) is 0 Å². The van der Waals surface area contributed by atoms with E-state index in [1.54, 1.807) is 20.8 Å². The highest BCUT2D eigenvalue weighted by atomic mass is 16.6. The topological polar surface area (TPSA) is 123 Å². The summed E-state index contributed by atoms with van der Waals surface area (Å²) in [5, 5.41) is 5.66. The monoisotopic (exact) mass is 740 g/mol. The van der Waals surface area contributed by atoms with Crippen LogP contribution in [0, 0.1) is 23.7 Å². The van der Waals surface area contributed by atoms with Crippen molar-refractivity contribution >= 4 is 12.0 Å². The van der Waals surface area contributed by atoms with E-state index < -0.39 is 42.2 Å². The summed E-state index contributed by atoms with van der Waals surface area (Å²) in [4.78, 5) is 24.3. The van der Waals surface area contributed by atoms with Gasteiger partial charge in [-0.1, -0.05) is 103 Å². The fraction of sp³-hybridized carbons (Fsp3) is 0.442. The summed E-state index contributed by atoms with van der Waals surface area (Å²) in [6, 6.07) is 28.9. The van der Waals surface area contributed by atoms with Gasteiger partial charge in [0, 0.05) is 13.5 Å². The molecular weight excluding hydrogens is 688 g/mol. The second-order valence-corrected chi connectivity index (χ2v) is 13.5. The Balaban J connectivity index is 1.42. The molecule has 4 rings (SSSR count). The van der Waals surface area contributed by atoms with Gasteiger partial charge in [-0.15, -0.1) is 0 Å². The molecule has 11 heteroatoms. The van der Waals surface area contributed by atoms with Crippen molar-refractivity contribution in [1.82, 2.24) is 10.6 Å². The average Bonchev–Trinajstić information content (AvgIpc) is 3.15. The van der Waals surface area contributed by atoms with Crippen LogP contribution in [0.15, 0.2) is 91.0 Å². The lowest BCUT2D eigenvalue weighted by atomic mass is 9.92. The molecule has 0 bridgehead atoms. The predicted octanol–water partition coefficient (Wildman–Crippen LogP) is 5.21. The van der Waals surface area contributed by atoms with Crippen LogP contribution in [-0.4, -0.2) is 87.6 Å². The summed E-state index contributed by atoms with van der Waals surface area (Å²) in [6.45, 7) is 9.47. The van der Waals surface area contributed by atoms with E-state index in [4.69, 9.17) is 33.2 Å². The van der Waals surface area contributed by atoms with Gasteiger partial charge in [-0.25, -0.2) is 4.79 Å². The van der Waals surface area contributed by atoms with Gasteiger partial charge in [-0.05, 0) is 49.3 Å². The Morgan fingerprint density at radius 3 is 1.89 bits per heavy atom. The molecule has 0 saturated carbocycles. The van der Waals surface area contributed by atoms with E-state index in [0.29, 0.717) is 39.6 Å².